The van der Waals surface area contributed by atoms with Crippen LogP contribution in [0.4, 0.5) is 0 Å². The topological polar surface area (TPSA) is 23.6 Å². The van der Waals surface area contributed by atoms with Gasteiger partial charge in [-0.1, -0.05) is 60.7 Å². The van der Waals surface area contributed by atoms with Crippen molar-refractivity contribution in [2.24, 2.45) is 5.92 Å². The lowest BCUT2D eigenvalue weighted by molar-refractivity contribution is -0.131. The monoisotopic (exact) mass is 390 g/mol. The molecule has 0 radical (unpaired) electrons. The molecule has 0 bridgehead atoms. The van der Waals surface area contributed by atoms with Crippen LogP contribution in [0.2, 0.25) is 0 Å². The molecule has 4 rings (SSSR count). The second-order valence-electron chi connectivity index (χ2n) is 9.13. The molecule has 0 spiro atoms. The van der Waals surface area contributed by atoms with Crippen LogP contribution in [0, 0.1) is 5.92 Å². The van der Waals surface area contributed by atoms with E-state index >= 15 is 0 Å². The fraction of sp³-hybridized carbons (Fsp3) is 0.500. The average Bonchev–Trinajstić information content (AvgIpc) is 2.76. The second kappa shape index (κ2) is 8.71. The lowest BCUT2D eigenvalue weighted by Gasteiger charge is -2.50. The van der Waals surface area contributed by atoms with E-state index in [1.807, 2.05) is 4.90 Å². The Hall–Kier alpha value is -2.13. The zero-order valence-corrected chi connectivity index (χ0v) is 17.9. The van der Waals surface area contributed by atoms with Crippen LogP contribution in [0.25, 0.3) is 0 Å². The van der Waals surface area contributed by atoms with Crippen LogP contribution in [0.3, 0.4) is 0 Å². The Kier molecular flexibility index (Phi) is 6.05. The van der Waals surface area contributed by atoms with Gasteiger partial charge in [-0.2, -0.15) is 0 Å². The minimum absolute atomic E-state index is 0.222. The summed E-state index contributed by atoms with van der Waals surface area (Å²) in [4.78, 5) is 16.4. The molecular formula is C26H34N2O. The van der Waals surface area contributed by atoms with Crippen LogP contribution >= 0.6 is 0 Å². The number of amides is 1. The molecule has 0 atom stereocenters. The molecule has 2 aromatic rings. The summed E-state index contributed by atoms with van der Waals surface area (Å²) < 4.78 is 0. The molecule has 2 aliphatic heterocycles. The van der Waals surface area contributed by atoms with E-state index < -0.39 is 0 Å². The van der Waals surface area contributed by atoms with Gasteiger partial charge < -0.3 is 4.90 Å². The lowest BCUT2D eigenvalue weighted by atomic mass is 9.75. The van der Waals surface area contributed by atoms with Crippen molar-refractivity contribution in [3.05, 3.63) is 71.8 Å². The predicted molar refractivity (Wildman–Crippen MR) is 119 cm³/mol. The van der Waals surface area contributed by atoms with Gasteiger partial charge in [-0.05, 0) is 62.7 Å². The molecule has 3 heteroatoms. The SMILES string of the molecule is CC(=O)N1CCC(C)(N2CCC(C(c3ccccc3)c3ccccc3)CC2)CC1. The maximum atomic E-state index is 11.7. The molecule has 154 valence electrons. The Morgan fingerprint density at radius 3 is 1.79 bits per heavy atom. The first kappa shape index (κ1) is 20.2. The van der Waals surface area contributed by atoms with Gasteiger partial charge in [0.1, 0.15) is 0 Å². The fourth-order valence-electron chi connectivity index (χ4n) is 5.45. The van der Waals surface area contributed by atoms with Crippen LogP contribution in [0.5, 0.6) is 0 Å². The summed E-state index contributed by atoms with van der Waals surface area (Å²) in [6, 6.07) is 22.1. The number of piperidine rings is 2. The van der Waals surface area contributed by atoms with Gasteiger partial charge in [0, 0.05) is 31.5 Å². The van der Waals surface area contributed by atoms with Gasteiger partial charge in [0.2, 0.25) is 5.91 Å². The predicted octanol–water partition coefficient (Wildman–Crippen LogP) is 4.93. The summed E-state index contributed by atoms with van der Waals surface area (Å²) in [6.07, 6.45) is 4.66. The van der Waals surface area contributed by atoms with E-state index in [-0.39, 0.29) is 11.4 Å². The van der Waals surface area contributed by atoms with Crippen molar-refractivity contribution in [3.8, 4) is 0 Å². The van der Waals surface area contributed by atoms with E-state index in [1.165, 1.54) is 24.0 Å². The van der Waals surface area contributed by atoms with Crippen molar-refractivity contribution in [2.75, 3.05) is 26.2 Å². The highest BCUT2D eigenvalue weighted by molar-refractivity contribution is 5.73. The first-order chi connectivity index (χ1) is 14.1. The number of likely N-dealkylation sites (tertiary alicyclic amines) is 2. The average molecular weight is 391 g/mol. The van der Waals surface area contributed by atoms with Crippen LogP contribution in [0.15, 0.2) is 60.7 Å². The van der Waals surface area contributed by atoms with E-state index in [2.05, 4.69) is 72.5 Å². The van der Waals surface area contributed by atoms with Crippen LogP contribution in [-0.4, -0.2) is 47.4 Å². The lowest BCUT2D eigenvalue weighted by Crippen LogP contribution is -2.56. The van der Waals surface area contributed by atoms with E-state index in [0.29, 0.717) is 11.8 Å². The fourth-order valence-corrected chi connectivity index (χ4v) is 5.45. The van der Waals surface area contributed by atoms with Crippen LogP contribution in [0.1, 0.15) is 56.6 Å². The highest BCUT2D eigenvalue weighted by Gasteiger charge is 2.39. The minimum atomic E-state index is 0.222. The van der Waals surface area contributed by atoms with Crippen molar-refractivity contribution in [1.82, 2.24) is 9.80 Å². The summed E-state index contributed by atoms with van der Waals surface area (Å²) in [5.41, 5.74) is 3.13. The maximum Gasteiger partial charge on any atom is 0.219 e. The Balaban J connectivity index is 1.45. The molecule has 0 saturated carbocycles. The van der Waals surface area contributed by atoms with Crippen molar-refractivity contribution in [1.29, 1.82) is 0 Å². The molecular weight excluding hydrogens is 356 g/mol. The van der Waals surface area contributed by atoms with Gasteiger partial charge >= 0.3 is 0 Å². The number of rotatable bonds is 4. The number of benzene rings is 2. The van der Waals surface area contributed by atoms with Gasteiger partial charge in [0.15, 0.2) is 0 Å². The van der Waals surface area contributed by atoms with Gasteiger partial charge in [-0.15, -0.1) is 0 Å². The van der Waals surface area contributed by atoms with Gasteiger partial charge in [-0.3, -0.25) is 9.69 Å². The zero-order valence-electron chi connectivity index (χ0n) is 17.9. The van der Waals surface area contributed by atoms with E-state index in [1.54, 1.807) is 6.92 Å². The molecule has 0 aromatic heterocycles. The number of hydrogen-bond acceptors (Lipinski definition) is 2. The highest BCUT2D eigenvalue weighted by Crippen LogP contribution is 2.40. The normalized spacial score (nSPS) is 20.7. The Morgan fingerprint density at radius 2 is 1.34 bits per heavy atom. The molecule has 2 heterocycles. The molecule has 2 aliphatic rings. The molecule has 0 unspecified atom stereocenters. The first-order valence-electron chi connectivity index (χ1n) is 11.2. The highest BCUT2D eigenvalue weighted by atomic mass is 16.2. The molecule has 0 aliphatic carbocycles. The maximum absolute atomic E-state index is 11.7. The van der Waals surface area contributed by atoms with Crippen LogP contribution in [-0.2, 0) is 4.79 Å². The van der Waals surface area contributed by atoms with E-state index in [4.69, 9.17) is 0 Å². The Labute approximate surface area is 175 Å². The summed E-state index contributed by atoms with van der Waals surface area (Å²) in [7, 11) is 0. The van der Waals surface area contributed by atoms with Crippen molar-refractivity contribution < 1.29 is 4.79 Å². The Morgan fingerprint density at radius 1 is 0.862 bits per heavy atom. The number of carbonyl (C=O) groups is 1. The minimum Gasteiger partial charge on any atom is -0.343 e. The van der Waals surface area contributed by atoms with Crippen LogP contribution < -0.4 is 0 Å². The van der Waals surface area contributed by atoms with Crippen molar-refractivity contribution >= 4 is 5.91 Å². The van der Waals surface area contributed by atoms with Crippen molar-refractivity contribution in [3.63, 3.8) is 0 Å². The van der Waals surface area contributed by atoms with E-state index in [9.17, 15) is 4.79 Å². The van der Waals surface area contributed by atoms with E-state index in [0.717, 1.165) is 39.0 Å². The summed E-state index contributed by atoms with van der Waals surface area (Å²) in [5.74, 6) is 1.38. The third-order valence-corrected chi connectivity index (χ3v) is 7.38. The van der Waals surface area contributed by atoms with Gasteiger partial charge in [0.25, 0.3) is 0 Å². The summed E-state index contributed by atoms with van der Waals surface area (Å²) in [6.45, 7) is 8.25. The first-order valence-corrected chi connectivity index (χ1v) is 11.2. The standard InChI is InChI=1S/C26H34N2O/c1-21(29)27-19-15-26(2,16-20-27)28-17-13-24(14-18-28)25(22-9-5-3-6-10-22)23-11-7-4-8-12-23/h3-12,24-25H,13-20H2,1-2H3. The molecule has 0 N–H and O–H groups in total. The molecule has 1 amide bonds. The summed E-state index contributed by atoms with van der Waals surface area (Å²) >= 11 is 0. The van der Waals surface area contributed by atoms with Gasteiger partial charge in [0.05, 0.1) is 0 Å². The number of carbonyl (C=O) groups excluding carboxylic acids is 1. The second-order valence-corrected chi connectivity index (χ2v) is 9.13. The number of nitrogens with zero attached hydrogens (tertiary/aromatic N) is 2. The zero-order chi connectivity index (χ0) is 20.3. The largest absolute Gasteiger partial charge is 0.343 e. The third-order valence-electron chi connectivity index (χ3n) is 7.38. The molecule has 2 aromatic carbocycles. The molecule has 29 heavy (non-hydrogen) atoms. The summed E-state index contributed by atoms with van der Waals surface area (Å²) in [5, 5.41) is 0. The van der Waals surface area contributed by atoms with Gasteiger partial charge in [-0.25, -0.2) is 0 Å². The molecule has 2 saturated heterocycles. The third kappa shape index (κ3) is 4.40. The quantitative estimate of drug-likeness (QED) is 0.739. The molecule has 2 fully saturated rings. The molecule has 3 nitrogen and oxygen atoms in total. The Bertz CT molecular complexity index is 748. The number of hydrogen-bond donors (Lipinski definition) is 0. The van der Waals surface area contributed by atoms with Crippen molar-refractivity contribution in [2.45, 2.75) is 51.0 Å². The smallest absolute Gasteiger partial charge is 0.219 e.